The molecule has 1 N–H and O–H groups in total. The minimum atomic E-state index is -0.136. The van der Waals surface area contributed by atoms with Gasteiger partial charge in [0.05, 0.1) is 19.6 Å². The summed E-state index contributed by atoms with van der Waals surface area (Å²) in [5.74, 6) is 1.32. The van der Waals surface area contributed by atoms with Crippen molar-refractivity contribution in [3.63, 3.8) is 0 Å². The van der Waals surface area contributed by atoms with Gasteiger partial charge < -0.3 is 19.9 Å². The van der Waals surface area contributed by atoms with Crippen LogP contribution in [0.1, 0.15) is 31.2 Å². The summed E-state index contributed by atoms with van der Waals surface area (Å²) in [6, 6.07) is 10.6. The molecule has 2 heterocycles. The average molecular weight is 415 g/mol. The number of guanidine groups is 1. The van der Waals surface area contributed by atoms with Crippen LogP contribution >= 0.6 is 0 Å². The normalized spacial score (nSPS) is 18.9. The lowest BCUT2D eigenvalue weighted by Crippen LogP contribution is -2.50. The second-order valence-corrected chi connectivity index (χ2v) is 8.20. The molecule has 0 unspecified atom stereocenters. The van der Waals surface area contributed by atoms with E-state index in [9.17, 15) is 9.59 Å². The van der Waals surface area contributed by atoms with Gasteiger partial charge in [-0.15, -0.1) is 0 Å². The first kappa shape index (κ1) is 22.1. The van der Waals surface area contributed by atoms with Crippen molar-refractivity contribution in [3.05, 3.63) is 35.9 Å². The Morgan fingerprint density at radius 2 is 1.67 bits per heavy atom. The number of rotatable bonds is 5. The predicted molar refractivity (Wildman–Crippen MR) is 117 cm³/mol. The lowest BCUT2D eigenvalue weighted by Gasteiger charge is -2.34. The van der Waals surface area contributed by atoms with Gasteiger partial charge >= 0.3 is 5.97 Å². The van der Waals surface area contributed by atoms with E-state index in [0.29, 0.717) is 5.92 Å². The Kier molecular flexibility index (Phi) is 8.11. The van der Waals surface area contributed by atoms with Crippen molar-refractivity contribution in [2.24, 2.45) is 16.8 Å². The molecule has 1 amide bonds. The topological polar surface area (TPSA) is 74.2 Å². The van der Waals surface area contributed by atoms with Crippen molar-refractivity contribution in [1.29, 1.82) is 0 Å². The smallest absolute Gasteiger partial charge is 0.308 e. The third-order valence-corrected chi connectivity index (χ3v) is 6.27. The second-order valence-electron chi connectivity index (χ2n) is 8.20. The Morgan fingerprint density at radius 1 is 1.03 bits per heavy atom. The highest BCUT2D eigenvalue weighted by atomic mass is 16.5. The molecule has 0 saturated carbocycles. The Hall–Kier alpha value is -2.57. The Bertz CT molecular complexity index is 721. The number of carbonyl (C=O) groups excluding carboxylic acids is 2. The van der Waals surface area contributed by atoms with Crippen LogP contribution in [0.15, 0.2) is 35.3 Å². The molecule has 1 aromatic rings. The van der Waals surface area contributed by atoms with Crippen molar-refractivity contribution < 1.29 is 14.3 Å². The molecular formula is C23H34N4O3. The van der Waals surface area contributed by atoms with Crippen LogP contribution < -0.4 is 5.32 Å². The Labute approximate surface area is 179 Å². The molecule has 0 bridgehead atoms. The Balaban J connectivity index is 1.39. The van der Waals surface area contributed by atoms with Crippen LogP contribution in [0.5, 0.6) is 0 Å². The standard InChI is InChI=1S/C23H34N4O3/c1-24-23(27-14-10-20(11-15-27)22(29)30-2)25-17-21(28)26-12-8-19(9-13-26)16-18-6-4-3-5-7-18/h3-7,19-20H,8-17H2,1-2H3,(H,24,25). The van der Waals surface area contributed by atoms with Crippen molar-refractivity contribution in [2.75, 3.05) is 46.9 Å². The highest BCUT2D eigenvalue weighted by Gasteiger charge is 2.28. The summed E-state index contributed by atoms with van der Waals surface area (Å²) in [6.07, 6.45) is 4.69. The van der Waals surface area contributed by atoms with E-state index in [2.05, 4.69) is 39.5 Å². The fraction of sp³-hybridized carbons (Fsp3) is 0.609. The van der Waals surface area contributed by atoms with Crippen LogP contribution in [-0.2, 0) is 20.7 Å². The number of nitrogens with one attached hydrogen (secondary N) is 1. The molecule has 30 heavy (non-hydrogen) atoms. The minimum absolute atomic E-state index is 0.0387. The quantitative estimate of drug-likeness (QED) is 0.453. The molecule has 3 rings (SSSR count). The first-order chi connectivity index (χ1) is 14.6. The number of piperidine rings is 2. The molecule has 2 saturated heterocycles. The maximum Gasteiger partial charge on any atom is 0.308 e. The van der Waals surface area contributed by atoms with Gasteiger partial charge in [0.2, 0.25) is 5.91 Å². The van der Waals surface area contributed by atoms with Gasteiger partial charge in [-0.05, 0) is 43.6 Å². The van der Waals surface area contributed by atoms with Gasteiger partial charge in [0.1, 0.15) is 0 Å². The van der Waals surface area contributed by atoms with Gasteiger partial charge in [0.25, 0.3) is 0 Å². The summed E-state index contributed by atoms with van der Waals surface area (Å²) in [5, 5.41) is 3.21. The number of aliphatic imine (C=N–C) groups is 1. The van der Waals surface area contributed by atoms with E-state index in [0.717, 1.165) is 64.2 Å². The van der Waals surface area contributed by atoms with Gasteiger partial charge in [0, 0.05) is 33.2 Å². The maximum absolute atomic E-state index is 12.7. The number of benzene rings is 1. The summed E-state index contributed by atoms with van der Waals surface area (Å²) >= 11 is 0. The van der Waals surface area contributed by atoms with E-state index in [4.69, 9.17) is 4.74 Å². The minimum Gasteiger partial charge on any atom is -0.469 e. The largest absolute Gasteiger partial charge is 0.469 e. The highest BCUT2D eigenvalue weighted by Crippen LogP contribution is 2.22. The van der Waals surface area contributed by atoms with Crippen LogP contribution in [0.25, 0.3) is 0 Å². The number of esters is 1. The zero-order chi connectivity index (χ0) is 21.3. The molecule has 164 valence electrons. The zero-order valence-corrected chi connectivity index (χ0v) is 18.2. The fourth-order valence-corrected chi connectivity index (χ4v) is 4.43. The molecule has 0 spiro atoms. The molecule has 7 heteroatoms. The van der Waals surface area contributed by atoms with Crippen LogP contribution in [0, 0.1) is 11.8 Å². The molecule has 2 aliphatic heterocycles. The zero-order valence-electron chi connectivity index (χ0n) is 18.2. The molecule has 0 radical (unpaired) electrons. The number of hydrogen-bond acceptors (Lipinski definition) is 4. The van der Waals surface area contributed by atoms with Gasteiger partial charge in [-0.3, -0.25) is 14.6 Å². The third kappa shape index (κ3) is 5.97. The van der Waals surface area contributed by atoms with E-state index < -0.39 is 0 Å². The van der Waals surface area contributed by atoms with E-state index in [1.54, 1.807) is 7.05 Å². The molecule has 0 atom stereocenters. The van der Waals surface area contributed by atoms with Crippen molar-refractivity contribution in [2.45, 2.75) is 32.1 Å². The lowest BCUT2D eigenvalue weighted by atomic mass is 9.90. The van der Waals surface area contributed by atoms with Gasteiger partial charge in [0.15, 0.2) is 5.96 Å². The monoisotopic (exact) mass is 414 g/mol. The lowest BCUT2D eigenvalue weighted by molar-refractivity contribution is -0.146. The SMILES string of the molecule is CN=C(NCC(=O)N1CCC(Cc2ccccc2)CC1)N1CCC(C(=O)OC)CC1. The second kappa shape index (κ2) is 11.0. The van der Waals surface area contributed by atoms with E-state index in [1.807, 2.05) is 11.0 Å². The number of carbonyl (C=O) groups is 2. The van der Waals surface area contributed by atoms with Crippen LogP contribution in [-0.4, -0.2) is 74.5 Å². The summed E-state index contributed by atoms with van der Waals surface area (Å²) in [6.45, 7) is 3.37. The number of nitrogens with zero attached hydrogens (tertiary/aromatic N) is 3. The molecule has 2 aliphatic rings. The molecule has 1 aromatic carbocycles. The molecule has 7 nitrogen and oxygen atoms in total. The van der Waals surface area contributed by atoms with E-state index in [-0.39, 0.29) is 24.3 Å². The number of ether oxygens (including phenoxy) is 1. The van der Waals surface area contributed by atoms with Gasteiger partial charge in [-0.25, -0.2) is 0 Å². The van der Waals surface area contributed by atoms with Crippen LogP contribution in [0.3, 0.4) is 0 Å². The highest BCUT2D eigenvalue weighted by molar-refractivity contribution is 5.86. The number of likely N-dealkylation sites (tertiary alicyclic amines) is 2. The number of hydrogen-bond donors (Lipinski definition) is 1. The average Bonchev–Trinajstić information content (AvgIpc) is 2.80. The molecule has 0 aromatic heterocycles. The molecule has 2 fully saturated rings. The van der Waals surface area contributed by atoms with Gasteiger partial charge in [-0.1, -0.05) is 30.3 Å². The first-order valence-corrected chi connectivity index (χ1v) is 11.0. The van der Waals surface area contributed by atoms with Gasteiger partial charge in [-0.2, -0.15) is 0 Å². The summed E-state index contributed by atoms with van der Waals surface area (Å²) in [4.78, 5) is 32.8. The third-order valence-electron chi connectivity index (χ3n) is 6.27. The summed E-state index contributed by atoms with van der Waals surface area (Å²) < 4.78 is 4.85. The van der Waals surface area contributed by atoms with Crippen LogP contribution in [0.2, 0.25) is 0 Å². The Morgan fingerprint density at radius 3 is 2.27 bits per heavy atom. The number of methoxy groups -OCH3 is 1. The predicted octanol–water partition coefficient (Wildman–Crippen LogP) is 1.93. The van der Waals surface area contributed by atoms with Crippen molar-refractivity contribution in [1.82, 2.24) is 15.1 Å². The summed E-state index contributed by atoms with van der Waals surface area (Å²) in [7, 11) is 3.17. The molecule has 0 aliphatic carbocycles. The van der Waals surface area contributed by atoms with Crippen molar-refractivity contribution >= 4 is 17.8 Å². The maximum atomic E-state index is 12.7. The van der Waals surface area contributed by atoms with E-state index in [1.165, 1.54) is 12.7 Å². The number of amides is 1. The van der Waals surface area contributed by atoms with E-state index >= 15 is 0 Å². The first-order valence-electron chi connectivity index (χ1n) is 11.0. The van der Waals surface area contributed by atoms with Crippen molar-refractivity contribution in [3.8, 4) is 0 Å². The summed E-state index contributed by atoms with van der Waals surface area (Å²) in [5.41, 5.74) is 1.38. The molecular weight excluding hydrogens is 380 g/mol. The van der Waals surface area contributed by atoms with Crippen LogP contribution in [0.4, 0.5) is 0 Å². The fourth-order valence-electron chi connectivity index (χ4n) is 4.43.